The summed E-state index contributed by atoms with van der Waals surface area (Å²) in [5.41, 5.74) is 0.718. The van der Waals surface area contributed by atoms with Crippen molar-refractivity contribution in [1.82, 2.24) is 0 Å². The van der Waals surface area contributed by atoms with Gasteiger partial charge >= 0.3 is 11.9 Å². The van der Waals surface area contributed by atoms with E-state index in [1.807, 2.05) is 0 Å². The van der Waals surface area contributed by atoms with E-state index in [9.17, 15) is 19.2 Å². The van der Waals surface area contributed by atoms with Crippen molar-refractivity contribution in [2.45, 2.75) is 78.1 Å². The van der Waals surface area contributed by atoms with Crippen LogP contribution in [-0.2, 0) is 42.9 Å². The molecule has 0 bridgehead atoms. The zero-order chi connectivity index (χ0) is 27.7. The number of carbonyl (C=O) groups is 4. The molecule has 0 amide bonds. The van der Waals surface area contributed by atoms with Gasteiger partial charge < -0.3 is 23.7 Å². The Labute approximate surface area is 221 Å². The zero-order valence-corrected chi connectivity index (χ0v) is 22.8. The first kappa shape index (κ1) is 34.6. The van der Waals surface area contributed by atoms with E-state index in [0.29, 0.717) is 89.3 Å². The van der Waals surface area contributed by atoms with Crippen molar-refractivity contribution in [2.75, 3.05) is 52.9 Å². The minimum Gasteiger partial charge on any atom is -0.462 e. The Morgan fingerprint density at radius 1 is 0.459 bits per heavy atom. The van der Waals surface area contributed by atoms with Gasteiger partial charge in [0.25, 0.3) is 0 Å². The number of unbranched alkanes of at least 4 members (excludes halogenated alkanes) is 2. The van der Waals surface area contributed by atoms with Gasteiger partial charge in [-0.15, -0.1) is 0 Å². The molecular weight excluding hydrogens is 480 g/mol. The van der Waals surface area contributed by atoms with Crippen LogP contribution in [0.2, 0.25) is 0 Å². The predicted molar refractivity (Wildman–Crippen MR) is 140 cm³/mol. The molecule has 0 aliphatic carbocycles. The van der Waals surface area contributed by atoms with Crippen LogP contribution in [0.3, 0.4) is 0 Å². The summed E-state index contributed by atoms with van der Waals surface area (Å²) in [6, 6.07) is 0. The average Bonchev–Trinajstić information content (AvgIpc) is 2.86. The van der Waals surface area contributed by atoms with Crippen LogP contribution in [0.25, 0.3) is 0 Å². The molecule has 0 N–H and O–H groups in total. The summed E-state index contributed by atoms with van der Waals surface area (Å²) in [5.74, 6) is -0.506. The lowest BCUT2D eigenvalue weighted by molar-refractivity contribution is -0.140. The van der Waals surface area contributed by atoms with Crippen LogP contribution in [0, 0.1) is 0 Å². The Kier molecular flexibility index (Phi) is 22.5. The van der Waals surface area contributed by atoms with Gasteiger partial charge in [-0.3, -0.25) is 9.59 Å². The lowest BCUT2D eigenvalue weighted by Crippen LogP contribution is -2.11. The first-order chi connectivity index (χ1) is 17.7. The van der Waals surface area contributed by atoms with Crippen molar-refractivity contribution in [3.05, 3.63) is 24.3 Å². The summed E-state index contributed by atoms with van der Waals surface area (Å²) in [6.45, 7) is 13.8. The molecule has 0 aromatic heterocycles. The molecule has 212 valence electrons. The first-order valence-corrected chi connectivity index (χ1v) is 13.2. The lowest BCUT2D eigenvalue weighted by Gasteiger charge is -2.07. The Bertz CT molecular complexity index is 642. The second kappa shape index (κ2) is 24.0. The number of hydrogen-bond acceptors (Lipinski definition) is 9. The zero-order valence-electron chi connectivity index (χ0n) is 22.8. The van der Waals surface area contributed by atoms with Crippen LogP contribution in [0.1, 0.15) is 78.1 Å². The highest BCUT2D eigenvalue weighted by Gasteiger charge is 2.06. The highest BCUT2D eigenvalue weighted by molar-refractivity contribution is 5.87. The fourth-order valence-corrected chi connectivity index (χ4v) is 2.96. The molecule has 0 radical (unpaired) electrons. The van der Waals surface area contributed by atoms with Gasteiger partial charge in [-0.25, -0.2) is 9.59 Å². The van der Waals surface area contributed by atoms with Crippen molar-refractivity contribution in [1.29, 1.82) is 0 Å². The molecule has 9 heteroatoms. The second-order valence-electron chi connectivity index (χ2n) is 8.87. The molecule has 0 unspecified atom stereocenters. The van der Waals surface area contributed by atoms with E-state index in [1.165, 1.54) is 0 Å². The topological polar surface area (TPSA) is 114 Å². The minimum atomic E-state index is -0.420. The normalized spacial score (nSPS) is 10.6. The smallest absolute Gasteiger partial charge is 0.333 e. The van der Waals surface area contributed by atoms with E-state index in [0.717, 1.165) is 25.7 Å². The number of carbonyl (C=O) groups excluding carboxylic acids is 4. The standard InChI is InChI=1S/C28H46O9/c1-23(2)27(31)36-17-9-13-25(29)11-5-7-15-33-19-21-35-22-20-34-16-8-6-12-26(30)14-10-18-37-28(32)24(3)4/h1,3,5-22H2,2,4H3. The van der Waals surface area contributed by atoms with E-state index < -0.39 is 11.9 Å². The van der Waals surface area contributed by atoms with Gasteiger partial charge in [0.2, 0.25) is 0 Å². The number of ketones is 2. The summed E-state index contributed by atoms with van der Waals surface area (Å²) < 4.78 is 26.4. The Morgan fingerprint density at radius 2 is 0.784 bits per heavy atom. The Balaban J connectivity index is 3.31. The summed E-state index contributed by atoms with van der Waals surface area (Å²) in [5, 5.41) is 0. The lowest BCUT2D eigenvalue weighted by atomic mass is 10.1. The van der Waals surface area contributed by atoms with E-state index >= 15 is 0 Å². The highest BCUT2D eigenvalue weighted by Crippen LogP contribution is 2.05. The van der Waals surface area contributed by atoms with Crippen molar-refractivity contribution >= 4 is 23.5 Å². The fourth-order valence-electron chi connectivity index (χ4n) is 2.96. The third-order valence-electron chi connectivity index (χ3n) is 5.10. The summed E-state index contributed by atoms with van der Waals surface area (Å²) in [4.78, 5) is 46.0. The molecule has 0 aliphatic heterocycles. The van der Waals surface area contributed by atoms with Crippen LogP contribution in [-0.4, -0.2) is 76.4 Å². The summed E-state index contributed by atoms with van der Waals surface area (Å²) in [7, 11) is 0. The molecule has 0 saturated heterocycles. The maximum atomic E-state index is 11.8. The van der Waals surface area contributed by atoms with Gasteiger partial charge in [-0.1, -0.05) is 13.2 Å². The first-order valence-electron chi connectivity index (χ1n) is 13.2. The van der Waals surface area contributed by atoms with Crippen molar-refractivity contribution in [3.8, 4) is 0 Å². The van der Waals surface area contributed by atoms with E-state index in [-0.39, 0.29) is 24.8 Å². The molecule has 0 rings (SSSR count). The molecule has 0 heterocycles. The molecule has 9 nitrogen and oxygen atoms in total. The average molecular weight is 527 g/mol. The number of rotatable bonds is 26. The van der Waals surface area contributed by atoms with Crippen molar-refractivity contribution in [2.24, 2.45) is 0 Å². The maximum Gasteiger partial charge on any atom is 0.333 e. The van der Waals surface area contributed by atoms with Gasteiger partial charge in [-0.2, -0.15) is 0 Å². The molecule has 0 fully saturated rings. The van der Waals surface area contributed by atoms with Crippen LogP contribution < -0.4 is 0 Å². The molecule has 0 aromatic rings. The van der Waals surface area contributed by atoms with Crippen LogP contribution in [0.4, 0.5) is 0 Å². The number of Topliss-reactive ketones (excluding diaryl/α,β-unsaturated/α-hetero) is 2. The van der Waals surface area contributed by atoms with Crippen molar-refractivity contribution in [3.63, 3.8) is 0 Å². The fraction of sp³-hybridized carbons (Fsp3) is 0.714. The quantitative estimate of drug-likeness (QED) is 0.0923. The highest BCUT2D eigenvalue weighted by atomic mass is 16.5. The van der Waals surface area contributed by atoms with Gasteiger partial charge in [0.15, 0.2) is 0 Å². The van der Waals surface area contributed by atoms with Crippen LogP contribution in [0.5, 0.6) is 0 Å². The third-order valence-corrected chi connectivity index (χ3v) is 5.10. The third kappa shape index (κ3) is 23.8. The van der Waals surface area contributed by atoms with Gasteiger partial charge in [-0.05, 0) is 52.4 Å². The largest absolute Gasteiger partial charge is 0.462 e. The van der Waals surface area contributed by atoms with Crippen molar-refractivity contribution < 1.29 is 42.9 Å². The van der Waals surface area contributed by atoms with Crippen LogP contribution >= 0.6 is 0 Å². The summed E-state index contributed by atoms with van der Waals surface area (Å²) >= 11 is 0. The van der Waals surface area contributed by atoms with Gasteiger partial charge in [0.1, 0.15) is 11.6 Å². The van der Waals surface area contributed by atoms with Gasteiger partial charge in [0, 0.05) is 50.0 Å². The molecular formula is C28H46O9. The second-order valence-corrected chi connectivity index (χ2v) is 8.87. The molecule has 37 heavy (non-hydrogen) atoms. The number of ether oxygens (including phenoxy) is 5. The minimum absolute atomic E-state index is 0.167. The molecule has 0 spiro atoms. The maximum absolute atomic E-state index is 11.8. The SMILES string of the molecule is C=C(C)C(=O)OCCCC(=O)CCCCOCCOCCOCCCCC(=O)CCCOC(=O)C(=C)C. The van der Waals surface area contributed by atoms with E-state index in [1.54, 1.807) is 13.8 Å². The molecule has 0 aromatic carbocycles. The molecule has 0 aliphatic rings. The van der Waals surface area contributed by atoms with E-state index in [2.05, 4.69) is 13.2 Å². The summed E-state index contributed by atoms with van der Waals surface area (Å²) in [6.07, 6.45) is 6.07. The number of hydrogen-bond donors (Lipinski definition) is 0. The van der Waals surface area contributed by atoms with Gasteiger partial charge in [0.05, 0.1) is 39.6 Å². The molecule has 0 atom stereocenters. The van der Waals surface area contributed by atoms with Crippen LogP contribution in [0.15, 0.2) is 24.3 Å². The molecule has 0 saturated carbocycles. The predicted octanol–water partition coefficient (Wildman–Crippen LogP) is 4.31. The Morgan fingerprint density at radius 3 is 1.14 bits per heavy atom. The Hall–Kier alpha value is -2.36. The number of esters is 2. The monoisotopic (exact) mass is 526 g/mol. The van der Waals surface area contributed by atoms with E-state index in [4.69, 9.17) is 23.7 Å².